The predicted octanol–water partition coefficient (Wildman–Crippen LogP) is 1.09. The number of hydrogen-bond acceptors (Lipinski definition) is 7. The molecule has 0 spiro atoms. The van der Waals surface area contributed by atoms with Crippen LogP contribution in [0.3, 0.4) is 0 Å². The third-order valence-corrected chi connectivity index (χ3v) is 7.83. The van der Waals surface area contributed by atoms with Crippen LogP contribution in [0.4, 0.5) is 0 Å². The number of ether oxygens (including phenoxy) is 1. The van der Waals surface area contributed by atoms with Gasteiger partial charge in [0.25, 0.3) is 0 Å². The molecule has 1 aliphatic rings. The van der Waals surface area contributed by atoms with Gasteiger partial charge in [-0.1, -0.05) is 29.8 Å². The van der Waals surface area contributed by atoms with Gasteiger partial charge in [-0.05, 0) is 29.8 Å². The topological polar surface area (TPSA) is 133 Å². The largest absolute Gasteiger partial charge is 0.468 e. The quantitative estimate of drug-likeness (QED) is 0.402. The van der Waals surface area contributed by atoms with Crippen molar-refractivity contribution in [2.45, 2.75) is 10.9 Å². The average molecular weight is 493 g/mol. The minimum Gasteiger partial charge on any atom is -0.468 e. The molecule has 0 bridgehead atoms. The number of hydrogen-bond donors (Lipinski definition) is 2. The molecular formula is C21H21ClN4O6S. The second-order valence-corrected chi connectivity index (χ2v) is 9.85. The number of nitrogens with zero attached hydrogens (tertiary/aromatic N) is 2. The van der Waals surface area contributed by atoms with Gasteiger partial charge < -0.3 is 14.7 Å². The molecule has 0 aliphatic carbocycles. The molecule has 2 heterocycles. The second-order valence-electron chi connectivity index (χ2n) is 7.50. The van der Waals surface area contributed by atoms with Crippen LogP contribution in [0.2, 0.25) is 5.02 Å². The average Bonchev–Trinajstić information content (AvgIpc) is 2.81. The highest BCUT2D eigenvalue weighted by atomic mass is 35.5. The molecule has 12 heteroatoms. The summed E-state index contributed by atoms with van der Waals surface area (Å²) in [4.78, 5) is 42.2. The lowest BCUT2D eigenvalue weighted by Gasteiger charge is -2.37. The fourth-order valence-corrected chi connectivity index (χ4v) is 5.57. The van der Waals surface area contributed by atoms with Crippen molar-refractivity contribution >= 4 is 38.6 Å². The van der Waals surface area contributed by atoms with Gasteiger partial charge in [-0.25, -0.2) is 13.2 Å². The van der Waals surface area contributed by atoms with Crippen molar-refractivity contribution in [3.05, 3.63) is 73.8 Å². The highest BCUT2D eigenvalue weighted by Gasteiger charge is 2.35. The molecule has 0 radical (unpaired) electrons. The first-order valence-electron chi connectivity index (χ1n) is 10.0. The summed E-state index contributed by atoms with van der Waals surface area (Å²) in [5.74, 6) is -0.480. The van der Waals surface area contributed by atoms with Gasteiger partial charge >= 0.3 is 17.1 Å². The van der Waals surface area contributed by atoms with Crippen LogP contribution in [0.25, 0.3) is 11.0 Å². The van der Waals surface area contributed by atoms with Gasteiger partial charge in [-0.15, -0.1) is 0 Å². The SMILES string of the molecule is COC(=O)C(c1ccccc1Cl)N1CCN(S(=O)(=O)c2ccc3[nH]c(=O)c(=O)[nH]c3c2)CC1. The van der Waals surface area contributed by atoms with Crippen molar-refractivity contribution in [1.82, 2.24) is 19.2 Å². The van der Waals surface area contributed by atoms with Crippen LogP contribution in [0.1, 0.15) is 11.6 Å². The van der Waals surface area contributed by atoms with Crippen molar-refractivity contribution < 1.29 is 17.9 Å². The number of H-pyrrole nitrogens is 2. The number of nitrogens with one attached hydrogen (secondary N) is 2. The maximum atomic E-state index is 13.2. The van der Waals surface area contributed by atoms with E-state index in [0.717, 1.165) is 0 Å². The van der Waals surface area contributed by atoms with Crippen LogP contribution in [0.15, 0.2) is 56.9 Å². The Bertz CT molecular complexity index is 1430. The Kier molecular flexibility index (Phi) is 6.39. The number of halogens is 1. The number of aromatic nitrogens is 2. The molecule has 1 aliphatic heterocycles. The molecule has 33 heavy (non-hydrogen) atoms. The van der Waals surface area contributed by atoms with Crippen LogP contribution in [-0.2, 0) is 19.6 Å². The number of benzene rings is 2. The van der Waals surface area contributed by atoms with E-state index in [9.17, 15) is 22.8 Å². The summed E-state index contributed by atoms with van der Waals surface area (Å²) in [7, 11) is -2.58. The minimum atomic E-state index is -3.87. The number of aromatic amines is 2. The number of fused-ring (bicyclic) bond motifs is 1. The van der Waals surface area contributed by atoms with E-state index in [-0.39, 0.29) is 36.6 Å². The fraction of sp³-hybridized carbons (Fsp3) is 0.286. The van der Waals surface area contributed by atoms with Crippen LogP contribution >= 0.6 is 11.6 Å². The molecule has 10 nitrogen and oxygen atoms in total. The van der Waals surface area contributed by atoms with Crippen molar-refractivity contribution in [3.8, 4) is 0 Å². The Labute approximate surface area is 193 Å². The Balaban J connectivity index is 1.57. The smallest absolute Gasteiger partial charge is 0.327 e. The maximum Gasteiger partial charge on any atom is 0.327 e. The predicted molar refractivity (Wildman–Crippen MR) is 122 cm³/mol. The molecule has 3 aromatic rings. The third-order valence-electron chi connectivity index (χ3n) is 5.59. The zero-order valence-corrected chi connectivity index (χ0v) is 19.1. The Hall–Kier alpha value is -2.99. The molecular weight excluding hydrogens is 472 g/mol. The summed E-state index contributed by atoms with van der Waals surface area (Å²) >= 11 is 6.30. The highest BCUT2D eigenvalue weighted by Crippen LogP contribution is 2.30. The van der Waals surface area contributed by atoms with E-state index in [4.69, 9.17) is 16.3 Å². The van der Waals surface area contributed by atoms with Crippen LogP contribution < -0.4 is 11.1 Å². The zero-order chi connectivity index (χ0) is 23.8. The minimum absolute atomic E-state index is 0.0122. The van der Waals surface area contributed by atoms with Crippen molar-refractivity contribution in [1.29, 1.82) is 0 Å². The van der Waals surface area contributed by atoms with E-state index < -0.39 is 33.2 Å². The zero-order valence-electron chi connectivity index (χ0n) is 17.6. The summed E-state index contributed by atoms with van der Waals surface area (Å²) in [6.45, 7) is 0.838. The second kappa shape index (κ2) is 9.10. The number of piperazine rings is 1. The van der Waals surface area contributed by atoms with Crippen molar-refractivity contribution in [3.63, 3.8) is 0 Å². The van der Waals surface area contributed by atoms with Crippen LogP contribution in [0.5, 0.6) is 0 Å². The maximum absolute atomic E-state index is 13.2. The highest BCUT2D eigenvalue weighted by molar-refractivity contribution is 7.89. The van der Waals surface area contributed by atoms with Crippen molar-refractivity contribution in [2.75, 3.05) is 33.3 Å². The molecule has 174 valence electrons. The molecule has 2 aromatic carbocycles. The van der Waals surface area contributed by atoms with Gasteiger partial charge in [0, 0.05) is 31.2 Å². The molecule has 0 amide bonds. The summed E-state index contributed by atoms with van der Waals surface area (Å²) in [6.07, 6.45) is 0. The summed E-state index contributed by atoms with van der Waals surface area (Å²) < 4.78 is 32.7. The lowest BCUT2D eigenvalue weighted by Crippen LogP contribution is -2.51. The van der Waals surface area contributed by atoms with Gasteiger partial charge in [-0.3, -0.25) is 14.5 Å². The van der Waals surface area contributed by atoms with Crippen LogP contribution in [-0.4, -0.2) is 66.8 Å². The van der Waals surface area contributed by atoms with E-state index >= 15 is 0 Å². The molecule has 1 unspecified atom stereocenters. The molecule has 0 saturated carbocycles. The monoisotopic (exact) mass is 492 g/mol. The van der Waals surface area contributed by atoms with E-state index in [0.29, 0.717) is 16.1 Å². The van der Waals surface area contributed by atoms with Gasteiger partial charge in [0.05, 0.1) is 23.0 Å². The number of methoxy groups -OCH3 is 1. The number of sulfonamides is 1. The van der Waals surface area contributed by atoms with E-state index in [1.807, 2.05) is 4.90 Å². The van der Waals surface area contributed by atoms with Gasteiger partial charge in [0.2, 0.25) is 10.0 Å². The lowest BCUT2D eigenvalue weighted by molar-refractivity contribution is -0.147. The first-order chi connectivity index (χ1) is 15.7. The summed E-state index contributed by atoms with van der Waals surface area (Å²) in [6, 6.07) is 10.3. The molecule has 1 fully saturated rings. The third kappa shape index (κ3) is 4.44. The Morgan fingerprint density at radius 3 is 2.27 bits per heavy atom. The van der Waals surface area contributed by atoms with E-state index in [2.05, 4.69) is 9.97 Å². The molecule has 1 saturated heterocycles. The lowest BCUT2D eigenvalue weighted by atomic mass is 10.0. The molecule has 2 N–H and O–H groups in total. The molecule has 4 rings (SSSR count). The standard InChI is InChI=1S/C21H21ClN4O6S/c1-32-21(29)18(14-4-2-3-5-15(14)22)25-8-10-26(11-9-25)33(30,31)13-6-7-16-17(12-13)24-20(28)19(27)23-16/h2-7,12,18H,8-11H2,1H3,(H,23,27)(H,24,28). The Morgan fingerprint density at radius 1 is 1.00 bits per heavy atom. The first kappa shape index (κ1) is 23.2. The number of esters is 1. The van der Waals surface area contributed by atoms with Crippen molar-refractivity contribution in [2.24, 2.45) is 0 Å². The molecule has 1 atom stereocenters. The summed E-state index contributed by atoms with van der Waals surface area (Å²) in [5, 5.41) is 0.422. The fourth-order valence-electron chi connectivity index (χ4n) is 3.89. The number of carbonyl (C=O) groups is 1. The van der Waals surface area contributed by atoms with Crippen LogP contribution in [0, 0.1) is 0 Å². The first-order valence-corrected chi connectivity index (χ1v) is 11.9. The normalized spacial score (nSPS) is 16.5. The number of rotatable bonds is 5. The number of carbonyl (C=O) groups excluding carboxylic acids is 1. The van der Waals surface area contributed by atoms with E-state index in [1.165, 1.54) is 29.6 Å². The van der Waals surface area contributed by atoms with Gasteiger partial charge in [0.1, 0.15) is 6.04 Å². The molecule has 1 aromatic heterocycles. The van der Waals surface area contributed by atoms with E-state index in [1.54, 1.807) is 24.3 Å². The Morgan fingerprint density at radius 2 is 1.64 bits per heavy atom. The van der Waals surface area contributed by atoms with Gasteiger partial charge in [0.15, 0.2) is 0 Å². The summed E-state index contributed by atoms with van der Waals surface area (Å²) in [5.41, 5.74) is -0.547. The van der Waals surface area contributed by atoms with Gasteiger partial charge in [-0.2, -0.15) is 4.31 Å².